The van der Waals surface area contributed by atoms with E-state index in [4.69, 9.17) is 5.26 Å². The first kappa shape index (κ1) is 16.7. The lowest BCUT2D eigenvalue weighted by atomic mass is 10.0. The number of carbonyl (C=O) groups is 1. The van der Waals surface area contributed by atoms with Crippen molar-refractivity contribution in [3.8, 4) is 11.8 Å². The van der Waals surface area contributed by atoms with Gasteiger partial charge in [-0.3, -0.25) is 4.79 Å². The lowest BCUT2D eigenvalue weighted by Gasteiger charge is -2.13. The summed E-state index contributed by atoms with van der Waals surface area (Å²) in [6.07, 6.45) is 2.05. The van der Waals surface area contributed by atoms with E-state index in [0.717, 1.165) is 0 Å². The van der Waals surface area contributed by atoms with Crippen LogP contribution >= 0.6 is 0 Å². The van der Waals surface area contributed by atoms with Crippen molar-refractivity contribution < 1.29 is 9.18 Å². The molecule has 0 aliphatic carbocycles. The molecular weight excluding hydrogens is 295 g/mol. The van der Waals surface area contributed by atoms with E-state index in [1.807, 2.05) is 13.8 Å². The van der Waals surface area contributed by atoms with Crippen LogP contribution in [-0.4, -0.2) is 21.7 Å². The molecule has 5 nitrogen and oxygen atoms in total. The molecule has 1 heterocycles. The summed E-state index contributed by atoms with van der Waals surface area (Å²) in [4.78, 5) is 12.3. The molecule has 0 radical (unpaired) electrons. The zero-order valence-electron chi connectivity index (χ0n) is 13.4. The number of nitrogens with zero attached hydrogens (tertiary/aromatic N) is 3. The minimum atomic E-state index is -0.531. The third kappa shape index (κ3) is 3.95. The fraction of sp³-hybridized carbons (Fsp3) is 0.353. The van der Waals surface area contributed by atoms with Gasteiger partial charge in [0.1, 0.15) is 11.9 Å². The highest BCUT2D eigenvalue weighted by molar-refractivity contribution is 5.95. The predicted molar refractivity (Wildman–Crippen MR) is 84.6 cm³/mol. The minimum Gasteiger partial charge on any atom is -0.336 e. The second-order valence-electron chi connectivity index (χ2n) is 5.82. The molecule has 0 bridgehead atoms. The lowest BCUT2D eigenvalue weighted by Crippen LogP contribution is -2.34. The number of nitrogens with one attached hydrogen (secondary N) is 1. The summed E-state index contributed by atoms with van der Waals surface area (Å²) in [7, 11) is 0. The Kier molecular flexibility index (Phi) is 5.12. The van der Waals surface area contributed by atoms with E-state index in [1.165, 1.54) is 18.3 Å². The van der Waals surface area contributed by atoms with Gasteiger partial charge in [-0.2, -0.15) is 10.4 Å². The number of hydrogen-bond donors (Lipinski definition) is 1. The van der Waals surface area contributed by atoms with E-state index >= 15 is 0 Å². The quantitative estimate of drug-likeness (QED) is 0.922. The van der Waals surface area contributed by atoms with Crippen molar-refractivity contribution in [3.05, 3.63) is 47.5 Å². The molecule has 1 aromatic heterocycles. The lowest BCUT2D eigenvalue weighted by molar-refractivity contribution is 0.0941. The number of nitriles is 1. The summed E-state index contributed by atoms with van der Waals surface area (Å²) in [6.45, 7) is 5.75. The largest absolute Gasteiger partial charge is 0.336 e. The maximum atomic E-state index is 13.0. The summed E-state index contributed by atoms with van der Waals surface area (Å²) in [6, 6.07) is 7.42. The number of benzene rings is 1. The Morgan fingerprint density at radius 2 is 2.04 bits per heavy atom. The first-order valence-electron chi connectivity index (χ1n) is 7.43. The summed E-state index contributed by atoms with van der Waals surface area (Å²) in [5.74, 6) is -0.354. The van der Waals surface area contributed by atoms with Crippen LogP contribution in [0.2, 0.25) is 0 Å². The van der Waals surface area contributed by atoms with Crippen molar-refractivity contribution in [1.82, 2.24) is 15.1 Å². The highest BCUT2D eigenvalue weighted by Gasteiger charge is 2.19. The van der Waals surface area contributed by atoms with Crippen LogP contribution in [0.25, 0.3) is 5.69 Å². The summed E-state index contributed by atoms with van der Waals surface area (Å²) < 4.78 is 14.6. The molecule has 0 spiro atoms. The molecule has 1 atom stereocenters. The van der Waals surface area contributed by atoms with E-state index in [9.17, 15) is 9.18 Å². The zero-order chi connectivity index (χ0) is 17.0. The Morgan fingerprint density at radius 3 is 2.61 bits per heavy atom. The normalized spacial score (nSPS) is 12.0. The van der Waals surface area contributed by atoms with Crippen LogP contribution in [0.15, 0.2) is 30.5 Å². The second-order valence-corrected chi connectivity index (χ2v) is 5.82. The van der Waals surface area contributed by atoms with Gasteiger partial charge in [0.2, 0.25) is 0 Å². The van der Waals surface area contributed by atoms with Crippen molar-refractivity contribution in [2.24, 2.45) is 5.92 Å². The van der Waals surface area contributed by atoms with E-state index in [2.05, 4.69) is 16.5 Å². The molecule has 0 unspecified atom stereocenters. The fourth-order valence-electron chi connectivity index (χ4n) is 2.33. The third-order valence-electron chi connectivity index (χ3n) is 3.49. The summed E-state index contributed by atoms with van der Waals surface area (Å²) >= 11 is 0. The van der Waals surface area contributed by atoms with Crippen LogP contribution < -0.4 is 5.32 Å². The molecule has 0 aliphatic rings. The van der Waals surface area contributed by atoms with Gasteiger partial charge in [0.25, 0.3) is 5.91 Å². The third-order valence-corrected chi connectivity index (χ3v) is 3.49. The van der Waals surface area contributed by atoms with E-state index in [-0.39, 0.29) is 11.7 Å². The van der Waals surface area contributed by atoms with Crippen molar-refractivity contribution in [1.29, 1.82) is 5.26 Å². The maximum Gasteiger partial charge on any atom is 0.255 e. The van der Waals surface area contributed by atoms with Crippen LogP contribution in [-0.2, 0) is 0 Å². The maximum absolute atomic E-state index is 13.0. The smallest absolute Gasteiger partial charge is 0.255 e. The van der Waals surface area contributed by atoms with Gasteiger partial charge in [0.05, 0.1) is 29.2 Å². The number of rotatable bonds is 5. The van der Waals surface area contributed by atoms with Crippen LogP contribution in [0.4, 0.5) is 4.39 Å². The Bertz CT molecular complexity index is 728. The van der Waals surface area contributed by atoms with Gasteiger partial charge in [0.15, 0.2) is 0 Å². The van der Waals surface area contributed by atoms with Crippen LogP contribution in [0.3, 0.4) is 0 Å². The van der Waals surface area contributed by atoms with Gasteiger partial charge in [0, 0.05) is 0 Å². The van der Waals surface area contributed by atoms with Crippen LogP contribution in [0, 0.1) is 30.0 Å². The van der Waals surface area contributed by atoms with Crippen molar-refractivity contribution >= 4 is 5.91 Å². The zero-order valence-corrected chi connectivity index (χ0v) is 13.4. The summed E-state index contributed by atoms with van der Waals surface area (Å²) in [5, 5.41) is 16.0. The SMILES string of the molecule is Cc1c(C(=O)N[C@@H](C#N)CC(C)C)cnn1-c1ccc(F)cc1. The van der Waals surface area contributed by atoms with Crippen molar-refractivity contribution in [2.45, 2.75) is 33.2 Å². The fourth-order valence-corrected chi connectivity index (χ4v) is 2.33. The van der Waals surface area contributed by atoms with Gasteiger partial charge in [-0.15, -0.1) is 0 Å². The Morgan fingerprint density at radius 1 is 1.39 bits per heavy atom. The van der Waals surface area contributed by atoms with Crippen molar-refractivity contribution in [2.75, 3.05) is 0 Å². The highest BCUT2D eigenvalue weighted by atomic mass is 19.1. The average molecular weight is 314 g/mol. The van der Waals surface area contributed by atoms with Crippen LogP contribution in [0.1, 0.15) is 36.3 Å². The molecular formula is C17H19FN4O. The van der Waals surface area contributed by atoms with E-state index in [0.29, 0.717) is 29.3 Å². The van der Waals surface area contributed by atoms with Gasteiger partial charge in [-0.05, 0) is 43.5 Å². The number of hydrogen-bond acceptors (Lipinski definition) is 3. The minimum absolute atomic E-state index is 0.308. The second kappa shape index (κ2) is 7.05. The molecule has 6 heteroatoms. The molecule has 120 valence electrons. The standard InChI is InChI=1S/C17H19FN4O/c1-11(2)8-14(9-19)21-17(23)16-10-20-22(12(16)3)15-6-4-13(18)5-7-15/h4-7,10-11,14H,8H2,1-3H3,(H,21,23)/t14-/m1/s1. The molecule has 0 saturated carbocycles. The molecule has 1 amide bonds. The first-order valence-corrected chi connectivity index (χ1v) is 7.43. The van der Waals surface area contributed by atoms with Gasteiger partial charge in [-0.1, -0.05) is 13.8 Å². The number of amides is 1. The molecule has 2 rings (SSSR count). The number of carbonyl (C=O) groups excluding carboxylic acids is 1. The summed E-state index contributed by atoms with van der Waals surface area (Å²) in [5.41, 5.74) is 1.70. The molecule has 1 N–H and O–H groups in total. The Hall–Kier alpha value is -2.68. The van der Waals surface area contributed by atoms with E-state index < -0.39 is 6.04 Å². The molecule has 2 aromatic rings. The van der Waals surface area contributed by atoms with Crippen LogP contribution in [0.5, 0.6) is 0 Å². The molecule has 23 heavy (non-hydrogen) atoms. The molecule has 0 saturated heterocycles. The number of halogens is 1. The van der Waals surface area contributed by atoms with Crippen molar-refractivity contribution in [3.63, 3.8) is 0 Å². The van der Waals surface area contributed by atoms with Gasteiger partial charge in [-0.25, -0.2) is 9.07 Å². The van der Waals surface area contributed by atoms with Gasteiger partial charge >= 0.3 is 0 Å². The molecule has 1 aromatic carbocycles. The molecule has 0 aliphatic heterocycles. The number of aromatic nitrogens is 2. The topological polar surface area (TPSA) is 70.7 Å². The average Bonchev–Trinajstić information content (AvgIpc) is 2.88. The monoisotopic (exact) mass is 314 g/mol. The van der Waals surface area contributed by atoms with E-state index in [1.54, 1.807) is 23.7 Å². The first-order chi connectivity index (χ1) is 10.9. The van der Waals surface area contributed by atoms with Gasteiger partial charge < -0.3 is 5.32 Å². The Balaban J connectivity index is 2.20. The predicted octanol–water partition coefficient (Wildman–Crippen LogP) is 2.99. The highest BCUT2D eigenvalue weighted by Crippen LogP contribution is 2.15. The Labute approximate surface area is 134 Å². The molecule has 0 fully saturated rings.